The molecule has 0 aromatic heterocycles. The molecule has 0 aliphatic heterocycles. The Morgan fingerprint density at radius 3 is 2.56 bits per heavy atom. The Labute approximate surface area is 151 Å². The summed E-state index contributed by atoms with van der Waals surface area (Å²) in [6, 6.07) is 15.3. The number of hydrogen-bond acceptors (Lipinski definition) is 4. The first kappa shape index (κ1) is 18.5. The fourth-order valence-corrected chi connectivity index (χ4v) is 2.45. The molecule has 1 N–H and O–H groups in total. The van der Waals surface area contributed by atoms with E-state index in [-0.39, 0.29) is 17.4 Å². The van der Waals surface area contributed by atoms with E-state index in [0.29, 0.717) is 17.7 Å². The summed E-state index contributed by atoms with van der Waals surface area (Å²) in [7, 11) is 0. The van der Waals surface area contributed by atoms with E-state index >= 15 is 0 Å². The zero-order chi connectivity index (χ0) is 18.2. The van der Waals surface area contributed by atoms with Gasteiger partial charge in [-0.2, -0.15) is 5.26 Å². The lowest BCUT2D eigenvalue weighted by atomic mass is 10.0. The van der Waals surface area contributed by atoms with Crippen molar-refractivity contribution in [2.45, 2.75) is 19.4 Å². The van der Waals surface area contributed by atoms with Gasteiger partial charge in [-0.15, -0.1) is 0 Å². The van der Waals surface area contributed by atoms with Crippen LogP contribution in [0.25, 0.3) is 0 Å². The molecule has 0 radical (unpaired) electrons. The van der Waals surface area contributed by atoms with Crippen LogP contribution in [0.4, 0.5) is 0 Å². The number of carbonyl (C=O) groups excluding carboxylic acids is 2. The molecule has 0 bridgehead atoms. The van der Waals surface area contributed by atoms with Gasteiger partial charge in [0.2, 0.25) is 0 Å². The highest BCUT2D eigenvalue weighted by Gasteiger charge is 2.18. The van der Waals surface area contributed by atoms with Crippen LogP contribution in [0.3, 0.4) is 0 Å². The van der Waals surface area contributed by atoms with Crippen LogP contribution in [-0.4, -0.2) is 24.3 Å². The quantitative estimate of drug-likeness (QED) is 0.827. The van der Waals surface area contributed by atoms with Crippen LogP contribution >= 0.6 is 11.6 Å². The Morgan fingerprint density at radius 1 is 1.24 bits per heavy atom. The summed E-state index contributed by atoms with van der Waals surface area (Å²) < 4.78 is 5.36. The largest absolute Gasteiger partial charge is 0.482 e. The van der Waals surface area contributed by atoms with Crippen LogP contribution in [0.5, 0.6) is 5.75 Å². The number of halogens is 1. The minimum Gasteiger partial charge on any atom is -0.482 e. The van der Waals surface area contributed by atoms with E-state index in [0.717, 1.165) is 5.56 Å². The molecule has 0 spiro atoms. The lowest BCUT2D eigenvalue weighted by molar-refractivity contribution is -0.128. The Hall–Kier alpha value is -2.84. The smallest absolute Gasteiger partial charge is 0.258 e. The van der Waals surface area contributed by atoms with Gasteiger partial charge in [-0.1, -0.05) is 41.9 Å². The average Bonchev–Trinajstić information content (AvgIpc) is 2.60. The monoisotopic (exact) mass is 356 g/mol. The predicted octanol–water partition coefficient (Wildman–Crippen LogP) is 2.91. The van der Waals surface area contributed by atoms with E-state index in [4.69, 9.17) is 21.6 Å². The van der Waals surface area contributed by atoms with Crippen molar-refractivity contribution in [1.29, 1.82) is 5.26 Å². The third-order valence-corrected chi connectivity index (χ3v) is 3.82. The number of amides is 1. The minimum atomic E-state index is -0.616. The summed E-state index contributed by atoms with van der Waals surface area (Å²) >= 11 is 5.99. The maximum atomic E-state index is 12.1. The summed E-state index contributed by atoms with van der Waals surface area (Å²) in [5, 5.41) is 11.7. The van der Waals surface area contributed by atoms with Gasteiger partial charge in [0, 0.05) is 0 Å². The molecule has 0 heterocycles. The van der Waals surface area contributed by atoms with Crippen LogP contribution in [0, 0.1) is 11.3 Å². The highest BCUT2D eigenvalue weighted by molar-refractivity contribution is 6.32. The van der Waals surface area contributed by atoms with Gasteiger partial charge >= 0.3 is 0 Å². The summed E-state index contributed by atoms with van der Waals surface area (Å²) in [5.74, 6) is -0.247. The van der Waals surface area contributed by atoms with Crippen LogP contribution in [-0.2, 0) is 16.0 Å². The highest BCUT2D eigenvalue weighted by Crippen LogP contribution is 2.25. The predicted molar refractivity (Wildman–Crippen MR) is 94.4 cm³/mol. The number of benzene rings is 2. The number of nitrogens with one attached hydrogen (secondary N) is 1. The molecule has 25 heavy (non-hydrogen) atoms. The Bertz CT molecular complexity index is 800. The zero-order valence-corrected chi connectivity index (χ0v) is 14.4. The Morgan fingerprint density at radius 2 is 1.96 bits per heavy atom. The molecule has 2 aromatic carbocycles. The molecular formula is C19H17ClN2O3. The van der Waals surface area contributed by atoms with Gasteiger partial charge in [-0.3, -0.25) is 9.59 Å². The number of ether oxygens (including phenoxy) is 1. The van der Waals surface area contributed by atoms with Gasteiger partial charge in [0.15, 0.2) is 12.4 Å². The first-order valence-electron chi connectivity index (χ1n) is 7.66. The normalized spacial score (nSPS) is 11.2. The maximum absolute atomic E-state index is 12.1. The lowest BCUT2D eigenvalue weighted by Crippen LogP contribution is -2.43. The Kier molecular flexibility index (Phi) is 6.55. The molecule has 1 atom stereocenters. The van der Waals surface area contributed by atoms with Crippen molar-refractivity contribution in [3.05, 3.63) is 64.7 Å². The van der Waals surface area contributed by atoms with E-state index in [2.05, 4.69) is 5.32 Å². The van der Waals surface area contributed by atoms with Gasteiger partial charge in [0.25, 0.3) is 5.91 Å². The summed E-state index contributed by atoms with van der Waals surface area (Å²) in [5.41, 5.74) is 1.36. The minimum absolute atomic E-state index is 0.131. The van der Waals surface area contributed by atoms with Crippen molar-refractivity contribution in [1.82, 2.24) is 5.32 Å². The number of hydrogen-bond donors (Lipinski definition) is 1. The molecule has 1 amide bonds. The molecule has 128 valence electrons. The van der Waals surface area contributed by atoms with Crippen molar-refractivity contribution in [2.75, 3.05) is 6.61 Å². The second kappa shape index (κ2) is 8.86. The molecular weight excluding hydrogens is 340 g/mol. The summed E-state index contributed by atoms with van der Waals surface area (Å²) in [6.45, 7) is 1.16. The number of ketones is 1. The Balaban J connectivity index is 1.93. The molecule has 0 unspecified atom stereocenters. The van der Waals surface area contributed by atoms with E-state index < -0.39 is 11.9 Å². The molecule has 0 saturated carbocycles. The highest BCUT2D eigenvalue weighted by atomic mass is 35.5. The van der Waals surface area contributed by atoms with Crippen LogP contribution in [0.2, 0.25) is 5.02 Å². The molecule has 2 rings (SSSR count). The van der Waals surface area contributed by atoms with Crippen LogP contribution in [0.15, 0.2) is 48.5 Å². The van der Waals surface area contributed by atoms with Crippen molar-refractivity contribution < 1.29 is 14.3 Å². The first-order valence-corrected chi connectivity index (χ1v) is 8.03. The molecule has 6 heteroatoms. The fourth-order valence-electron chi connectivity index (χ4n) is 2.21. The first-order chi connectivity index (χ1) is 12.0. The molecule has 0 aliphatic rings. The van der Waals surface area contributed by atoms with Crippen LogP contribution < -0.4 is 10.1 Å². The van der Waals surface area contributed by atoms with Gasteiger partial charge in [0.05, 0.1) is 22.7 Å². The van der Waals surface area contributed by atoms with Crippen LogP contribution in [0.1, 0.15) is 18.1 Å². The third kappa shape index (κ3) is 5.63. The lowest BCUT2D eigenvalue weighted by Gasteiger charge is -2.16. The summed E-state index contributed by atoms with van der Waals surface area (Å²) in [6.07, 6.45) is 0.416. The fraction of sp³-hybridized carbons (Fsp3) is 0.211. The van der Waals surface area contributed by atoms with Crippen molar-refractivity contribution in [3.8, 4) is 11.8 Å². The van der Waals surface area contributed by atoms with Gasteiger partial charge in [0.1, 0.15) is 5.75 Å². The number of rotatable bonds is 7. The van der Waals surface area contributed by atoms with Gasteiger partial charge in [-0.25, -0.2) is 0 Å². The number of nitriles is 1. The number of nitrogens with zero attached hydrogens (tertiary/aromatic N) is 1. The number of Topliss-reactive ketones (excluding diaryl/α,β-unsaturated/α-hetero) is 1. The second-order valence-corrected chi connectivity index (χ2v) is 5.87. The van der Waals surface area contributed by atoms with E-state index in [9.17, 15) is 9.59 Å². The van der Waals surface area contributed by atoms with Crippen molar-refractivity contribution >= 4 is 23.3 Å². The molecule has 0 aliphatic carbocycles. The topological polar surface area (TPSA) is 79.2 Å². The standard InChI is InChI=1S/C19H17ClN2O3/c1-13(23)17(10-14-5-3-2-4-6-14)22-19(24)12-25-18-8-7-15(11-21)9-16(18)20/h2-9,17H,10,12H2,1H3,(H,22,24)/t17-/m0/s1. The van der Waals surface area contributed by atoms with E-state index in [1.165, 1.54) is 19.1 Å². The van der Waals surface area contributed by atoms with E-state index in [1.807, 2.05) is 36.4 Å². The second-order valence-electron chi connectivity index (χ2n) is 5.47. The number of carbonyl (C=O) groups is 2. The molecule has 5 nitrogen and oxygen atoms in total. The van der Waals surface area contributed by atoms with Crippen molar-refractivity contribution in [2.24, 2.45) is 0 Å². The average molecular weight is 357 g/mol. The molecule has 0 saturated heterocycles. The maximum Gasteiger partial charge on any atom is 0.258 e. The third-order valence-electron chi connectivity index (χ3n) is 3.53. The summed E-state index contributed by atoms with van der Waals surface area (Å²) in [4.78, 5) is 23.8. The van der Waals surface area contributed by atoms with Crippen molar-refractivity contribution in [3.63, 3.8) is 0 Å². The van der Waals surface area contributed by atoms with E-state index in [1.54, 1.807) is 6.07 Å². The molecule has 0 fully saturated rings. The SMILES string of the molecule is CC(=O)[C@H](Cc1ccccc1)NC(=O)COc1ccc(C#N)cc1Cl. The molecule has 2 aromatic rings. The van der Waals surface area contributed by atoms with Gasteiger partial charge < -0.3 is 10.1 Å². The zero-order valence-electron chi connectivity index (χ0n) is 13.7. The van der Waals surface area contributed by atoms with Gasteiger partial charge in [-0.05, 0) is 37.1 Å².